The highest BCUT2D eigenvalue weighted by molar-refractivity contribution is 7.99. The number of imidazole rings is 2. The van der Waals surface area contributed by atoms with E-state index in [0.717, 1.165) is 28.0 Å². The zero-order chi connectivity index (χ0) is 23.4. The minimum Gasteiger partial charge on any atom is -0.497 e. The molecule has 2 aromatic carbocycles. The quantitative estimate of drug-likeness (QED) is 0.398. The zero-order valence-corrected chi connectivity index (χ0v) is 20.0. The molecule has 4 aromatic rings. The second-order valence-electron chi connectivity index (χ2n) is 7.81. The van der Waals surface area contributed by atoms with Gasteiger partial charge >= 0.3 is 0 Å². The van der Waals surface area contributed by atoms with Crippen molar-refractivity contribution in [1.82, 2.24) is 24.4 Å². The Morgan fingerprint density at radius 2 is 1.91 bits per heavy atom. The standard InChI is InChI=1S/C25H27N5O2S/c1-17-8-9-20(14-18(17)2)30-13-11-27-25(30)33-16-22(31)28-23(24-26-10-12-29(24)3)19-6-5-7-21(15-19)32-4/h5-15,23H,16H2,1-4H3,(H,28,31). The summed E-state index contributed by atoms with van der Waals surface area (Å²) in [5.41, 5.74) is 4.39. The normalized spacial score (nSPS) is 11.9. The second-order valence-corrected chi connectivity index (χ2v) is 8.75. The van der Waals surface area contributed by atoms with E-state index in [-0.39, 0.29) is 11.7 Å². The summed E-state index contributed by atoms with van der Waals surface area (Å²) in [5, 5.41) is 3.90. The van der Waals surface area contributed by atoms with E-state index in [0.29, 0.717) is 0 Å². The van der Waals surface area contributed by atoms with Crippen molar-refractivity contribution in [2.75, 3.05) is 12.9 Å². The minimum atomic E-state index is -0.396. The molecule has 1 unspecified atom stereocenters. The lowest BCUT2D eigenvalue weighted by Crippen LogP contribution is -2.32. The molecule has 0 aliphatic carbocycles. The Labute approximate surface area is 197 Å². The van der Waals surface area contributed by atoms with Gasteiger partial charge in [-0.3, -0.25) is 9.36 Å². The average molecular weight is 462 g/mol. The van der Waals surface area contributed by atoms with Crippen LogP contribution in [0.15, 0.2) is 72.4 Å². The minimum absolute atomic E-state index is 0.106. The fourth-order valence-corrected chi connectivity index (χ4v) is 4.36. The summed E-state index contributed by atoms with van der Waals surface area (Å²) in [6, 6.07) is 13.6. The van der Waals surface area contributed by atoms with Gasteiger partial charge in [-0.05, 0) is 54.8 Å². The van der Waals surface area contributed by atoms with Gasteiger partial charge in [-0.2, -0.15) is 0 Å². The van der Waals surface area contributed by atoms with Gasteiger partial charge in [0.25, 0.3) is 0 Å². The number of hydrogen-bond acceptors (Lipinski definition) is 5. The van der Waals surface area contributed by atoms with Gasteiger partial charge in [-0.1, -0.05) is 30.0 Å². The first-order valence-electron chi connectivity index (χ1n) is 10.6. The summed E-state index contributed by atoms with van der Waals surface area (Å²) in [6.07, 6.45) is 7.26. The van der Waals surface area contributed by atoms with Crippen LogP contribution in [0.4, 0.5) is 0 Å². The van der Waals surface area contributed by atoms with Crippen LogP contribution in [-0.4, -0.2) is 37.9 Å². The van der Waals surface area contributed by atoms with Gasteiger partial charge in [0.15, 0.2) is 5.16 Å². The third kappa shape index (κ3) is 5.12. The first-order valence-corrected chi connectivity index (χ1v) is 11.6. The number of hydrogen-bond donors (Lipinski definition) is 1. The number of thioether (sulfide) groups is 1. The lowest BCUT2D eigenvalue weighted by Gasteiger charge is -2.19. The van der Waals surface area contributed by atoms with Crippen LogP contribution < -0.4 is 10.1 Å². The van der Waals surface area contributed by atoms with Gasteiger partial charge in [0, 0.05) is 37.5 Å². The van der Waals surface area contributed by atoms with E-state index in [1.807, 2.05) is 52.8 Å². The molecule has 0 fully saturated rings. The van der Waals surface area contributed by atoms with Gasteiger partial charge in [0.1, 0.15) is 17.6 Å². The van der Waals surface area contributed by atoms with Crippen LogP contribution in [0.25, 0.3) is 5.69 Å². The van der Waals surface area contributed by atoms with Crippen molar-refractivity contribution in [2.45, 2.75) is 25.0 Å². The number of carbonyl (C=O) groups excluding carboxylic acids is 1. The molecule has 0 aliphatic heterocycles. The molecular formula is C25H27N5O2S. The molecule has 1 amide bonds. The van der Waals surface area contributed by atoms with Crippen molar-refractivity contribution in [3.05, 3.63) is 89.8 Å². The Morgan fingerprint density at radius 1 is 1.09 bits per heavy atom. The highest BCUT2D eigenvalue weighted by Crippen LogP contribution is 2.26. The predicted molar refractivity (Wildman–Crippen MR) is 130 cm³/mol. The first kappa shape index (κ1) is 22.7. The van der Waals surface area contributed by atoms with Crippen molar-refractivity contribution in [3.63, 3.8) is 0 Å². The number of aryl methyl sites for hydroxylation is 3. The Bertz CT molecular complexity index is 1260. The molecular weight excluding hydrogens is 434 g/mol. The molecule has 1 N–H and O–H groups in total. The summed E-state index contributed by atoms with van der Waals surface area (Å²) in [5.74, 6) is 1.60. The maximum absolute atomic E-state index is 13.0. The third-order valence-corrected chi connectivity index (χ3v) is 6.52. The van der Waals surface area contributed by atoms with Crippen LogP contribution >= 0.6 is 11.8 Å². The largest absolute Gasteiger partial charge is 0.497 e. The Balaban J connectivity index is 1.51. The van der Waals surface area contributed by atoms with Gasteiger partial charge in [0.05, 0.1) is 12.9 Å². The number of nitrogens with zero attached hydrogens (tertiary/aromatic N) is 4. The van der Waals surface area contributed by atoms with Crippen molar-refractivity contribution in [1.29, 1.82) is 0 Å². The summed E-state index contributed by atoms with van der Waals surface area (Å²) < 4.78 is 9.28. The molecule has 0 aliphatic rings. The number of aromatic nitrogens is 4. The van der Waals surface area contributed by atoms with Gasteiger partial charge < -0.3 is 14.6 Å². The van der Waals surface area contributed by atoms with Crippen LogP contribution in [0.3, 0.4) is 0 Å². The SMILES string of the molecule is COc1cccc(C(NC(=O)CSc2nccn2-c2ccc(C)c(C)c2)c2nccn2C)c1. The number of amides is 1. The number of methoxy groups -OCH3 is 1. The number of nitrogens with one attached hydrogen (secondary N) is 1. The molecule has 4 rings (SSSR count). The summed E-state index contributed by atoms with van der Waals surface area (Å²) in [6.45, 7) is 4.18. The number of carbonyl (C=O) groups is 1. The molecule has 0 saturated carbocycles. The Morgan fingerprint density at radius 3 is 2.64 bits per heavy atom. The average Bonchev–Trinajstić information content (AvgIpc) is 3.47. The van der Waals surface area contributed by atoms with E-state index in [1.54, 1.807) is 19.5 Å². The van der Waals surface area contributed by atoms with Crippen molar-refractivity contribution >= 4 is 17.7 Å². The second kappa shape index (κ2) is 9.95. The Hall–Kier alpha value is -3.52. The summed E-state index contributed by atoms with van der Waals surface area (Å²) in [7, 11) is 3.54. The van der Waals surface area contributed by atoms with E-state index >= 15 is 0 Å². The lowest BCUT2D eigenvalue weighted by molar-refractivity contribution is -0.119. The highest BCUT2D eigenvalue weighted by Gasteiger charge is 2.22. The van der Waals surface area contributed by atoms with Gasteiger partial charge in [-0.25, -0.2) is 9.97 Å². The van der Waals surface area contributed by atoms with Crippen LogP contribution in [0.1, 0.15) is 28.6 Å². The molecule has 2 aromatic heterocycles. The maximum atomic E-state index is 13.0. The molecule has 0 bridgehead atoms. The fourth-order valence-electron chi connectivity index (χ4n) is 3.57. The molecule has 8 heteroatoms. The van der Waals surface area contributed by atoms with Crippen molar-refractivity contribution in [3.8, 4) is 11.4 Å². The van der Waals surface area contributed by atoms with E-state index in [9.17, 15) is 4.79 Å². The van der Waals surface area contributed by atoms with Crippen LogP contribution in [0, 0.1) is 13.8 Å². The van der Waals surface area contributed by atoms with E-state index in [2.05, 4.69) is 47.3 Å². The van der Waals surface area contributed by atoms with Crippen molar-refractivity contribution in [2.24, 2.45) is 7.05 Å². The van der Waals surface area contributed by atoms with E-state index < -0.39 is 6.04 Å². The lowest BCUT2D eigenvalue weighted by atomic mass is 10.1. The van der Waals surface area contributed by atoms with Gasteiger partial charge in [0.2, 0.25) is 5.91 Å². The third-order valence-electron chi connectivity index (χ3n) is 5.56. The maximum Gasteiger partial charge on any atom is 0.231 e. The smallest absolute Gasteiger partial charge is 0.231 e. The monoisotopic (exact) mass is 461 g/mol. The van der Waals surface area contributed by atoms with Gasteiger partial charge in [-0.15, -0.1) is 0 Å². The molecule has 170 valence electrons. The number of ether oxygens (including phenoxy) is 1. The number of benzene rings is 2. The topological polar surface area (TPSA) is 74.0 Å². The van der Waals surface area contributed by atoms with Crippen molar-refractivity contribution < 1.29 is 9.53 Å². The molecule has 0 radical (unpaired) electrons. The van der Waals surface area contributed by atoms with E-state index in [1.165, 1.54) is 22.9 Å². The molecule has 7 nitrogen and oxygen atoms in total. The van der Waals surface area contributed by atoms with E-state index in [4.69, 9.17) is 4.74 Å². The number of rotatable bonds is 8. The predicted octanol–water partition coefficient (Wildman–Crippen LogP) is 4.23. The molecule has 33 heavy (non-hydrogen) atoms. The fraction of sp³-hybridized carbons (Fsp3) is 0.240. The van der Waals surface area contributed by atoms with Crippen LogP contribution in [0.2, 0.25) is 0 Å². The first-order chi connectivity index (χ1) is 16.0. The Kier molecular flexibility index (Phi) is 6.84. The summed E-state index contributed by atoms with van der Waals surface area (Å²) in [4.78, 5) is 21.9. The molecule has 2 heterocycles. The van der Waals surface area contributed by atoms with Crippen LogP contribution in [0.5, 0.6) is 5.75 Å². The zero-order valence-electron chi connectivity index (χ0n) is 19.1. The molecule has 0 saturated heterocycles. The molecule has 0 spiro atoms. The summed E-state index contributed by atoms with van der Waals surface area (Å²) >= 11 is 1.40. The highest BCUT2D eigenvalue weighted by atomic mass is 32.2. The molecule has 1 atom stereocenters. The van der Waals surface area contributed by atoms with Crippen LogP contribution in [-0.2, 0) is 11.8 Å².